The minimum absolute atomic E-state index is 0.0921. The summed E-state index contributed by atoms with van der Waals surface area (Å²) in [6.07, 6.45) is 42.1. The summed E-state index contributed by atoms with van der Waals surface area (Å²) in [5, 5.41) is 20.8. The molecule has 0 amide bonds. The lowest BCUT2D eigenvalue weighted by Gasteiger charge is -2.28. The second-order valence-electron chi connectivity index (χ2n) is 16.0. The van der Waals surface area contributed by atoms with E-state index in [1.165, 1.54) is 19.3 Å². The zero-order chi connectivity index (χ0) is 44.6. The van der Waals surface area contributed by atoms with E-state index < -0.39 is 44.7 Å². The molecule has 4 atom stereocenters. The van der Waals surface area contributed by atoms with Gasteiger partial charge in [0, 0.05) is 12.8 Å². The third-order valence-corrected chi connectivity index (χ3v) is 10.1. The number of carbonyl (C=O) groups excluding carboxylic acids is 2. The Morgan fingerprint density at radius 2 is 1.13 bits per heavy atom. The molecule has 0 saturated carbocycles. The van der Waals surface area contributed by atoms with Gasteiger partial charge in [-0.15, -0.1) is 0 Å². The van der Waals surface area contributed by atoms with Crippen molar-refractivity contribution in [3.8, 4) is 0 Å². The second-order valence-corrected chi connectivity index (χ2v) is 17.4. The Hall–Kier alpha value is -2.89. The zero-order valence-electron chi connectivity index (χ0n) is 37.8. The molecular formula is C48H82NO10P. The summed E-state index contributed by atoms with van der Waals surface area (Å²) in [5.74, 6) is -1.16. The third kappa shape index (κ3) is 40.5. The molecule has 0 aromatic heterocycles. The number of allylic oxidation sites excluding steroid dienone is 13. The van der Waals surface area contributed by atoms with E-state index in [1.54, 1.807) is 0 Å². The number of hydrogen-bond donors (Lipinski definition) is 2. The van der Waals surface area contributed by atoms with Crippen molar-refractivity contribution < 1.29 is 52.3 Å². The fourth-order valence-electron chi connectivity index (χ4n) is 5.45. The van der Waals surface area contributed by atoms with Gasteiger partial charge in [-0.1, -0.05) is 125 Å². The number of hydrogen-bond acceptors (Lipinski definition) is 10. The average molecular weight is 864 g/mol. The van der Waals surface area contributed by atoms with Crippen LogP contribution in [0.3, 0.4) is 0 Å². The van der Waals surface area contributed by atoms with E-state index in [1.807, 2.05) is 39.4 Å². The van der Waals surface area contributed by atoms with Gasteiger partial charge in [0.2, 0.25) is 0 Å². The van der Waals surface area contributed by atoms with Crippen LogP contribution in [0.2, 0.25) is 0 Å². The highest BCUT2D eigenvalue weighted by molar-refractivity contribution is 7.45. The van der Waals surface area contributed by atoms with E-state index >= 15 is 0 Å². The molecule has 0 spiro atoms. The molecule has 0 aromatic carbocycles. The quantitative estimate of drug-likeness (QED) is 0.0201. The van der Waals surface area contributed by atoms with Crippen LogP contribution in [0.5, 0.6) is 0 Å². The van der Waals surface area contributed by atoms with Crippen molar-refractivity contribution in [1.29, 1.82) is 0 Å². The largest absolute Gasteiger partial charge is 0.756 e. The number of ether oxygens (including phenoxy) is 2. The van der Waals surface area contributed by atoms with Gasteiger partial charge in [0.05, 0.1) is 40.0 Å². The minimum Gasteiger partial charge on any atom is -0.756 e. The number of carbonyl (C=O) groups is 2. The van der Waals surface area contributed by atoms with Crippen molar-refractivity contribution in [3.05, 3.63) is 85.1 Å². The smallest absolute Gasteiger partial charge is 0.306 e. The Labute approximate surface area is 364 Å². The standard InChI is InChI=1S/C48H82NO10P/c1-6-8-10-12-14-16-18-20-21-22-23-24-26-28-30-32-34-38-47(52)56-42-44(43-58-60(54,55)57-41-40-49(3,4)5)59-48(53)39-35-37-46(51)45(50)36-33-31-29-27-25-19-17-15-13-11-9-7-2/h9,11,14-17,20-21,23-25,27,31,33,44-46,50-51H,6-8,10,12-13,18-19,22,26,28-30,32,34-43H2,1-5H3/b11-9-,16-14-,17-15-,21-20-,24-23-,27-25-,33-31-/t44-,45-,46-/m1/s1. The van der Waals surface area contributed by atoms with E-state index in [2.05, 4.69) is 80.7 Å². The first-order chi connectivity index (χ1) is 28.8. The molecule has 0 aromatic rings. The Kier molecular flexibility index (Phi) is 37.1. The summed E-state index contributed by atoms with van der Waals surface area (Å²) >= 11 is 0. The van der Waals surface area contributed by atoms with Crippen molar-refractivity contribution in [2.75, 3.05) is 47.5 Å². The van der Waals surface area contributed by atoms with E-state index in [0.29, 0.717) is 17.4 Å². The van der Waals surface area contributed by atoms with Gasteiger partial charge in [-0.2, -0.15) is 0 Å². The first kappa shape index (κ1) is 57.1. The van der Waals surface area contributed by atoms with E-state index in [0.717, 1.165) is 70.6 Å². The molecule has 0 heterocycles. The van der Waals surface area contributed by atoms with Crippen LogP contribution in [-0.2, 0) is 32.7 Å². The molecule has 2 N–H and O–H groups in total. The minimum atomic E-state index is -4.72. The van der Waals surface area contributed by atoms with Gasteiger partial charge in [-0.3, -0.25) is 14.2 Å². The highest BCUT2D eigenvalue weighted by atomic mass is 31.2. The molecule has 11 nitrogen and oxygen atoms in total. The summed E-state index contributed by atoms with van der Waals surface area (Å²) in [4.78, 5) is 37.6. The van der Waals surface area contributed by atoms with Crippen LogP contribution in [0.4, 0.5) is 0 Å². The number of aliphatic hydroxyl groups is 2. The molecule has 0 bridgehead atoms. The number of phosphoric acid groups is 1. The van der Waals surface area contributed by atoms with Crippen LogP contribution >= 0.6 is 7.82 Å². The highest BCUT2D eigenvalue weighted by Gasteiger charge is 2.22. The maximum Gasteiger partial charge on any atom is 0.306 e. The number of phosphoric ester groups is 1. The summed E-state index contributed by atoms with van der Waals surface area (Å²) in [7, 11) is 0.958. The summed E-state index contributed by atoms with van der Waals surface area (Å²) in [6.45, 7) is 3.69. The number of esters is 2. The molecule has 0 radical (unpaired) electrons. The van der Waals surface area contributed by atoms with E-state index in [9.17, 15) is 29.3 Å². The van der Waals surface area contributed by atoms with Crippen molar-refractivity contribution in [2.45, 2.75) is 161 Å². The number of quaternary nitrogens is 1. The molecule has 0 fully saturated rings. The zero-order valence-corrected chi connectivity index (χ0v) is 38.7. The summed E-state index contributed by atoms with van der Waals surface area (Å²) < 4.78 is 33.6. The molecular weight excluding hydrogens is 781 g/mol. The Morgan fingerprint density at radius 1 is 0.617 bits per heavy atom. The van der Waals surface area contributed by atoms with E-state index in [-0.39, 0.29) is 45.3 Å². The summed E-state index contributed by atoms with van der Waals surface area (Å²) in [6, 6.07) is 0. The fourth-order valence-corrected chi connectivity index (χ4v) is 6.18. The van der Waals surface area contributed by atoms with Crippen molar-refractivity contribution in [2.24, 2.45) is 0 Å². The molecule has 0 aliphatic carbocycles. The molecule has 0 rings (SSSR count). The number of unbranched alkanes of at least 4 members (excludes halogenated alkanes) is 7. The predicted molar refractivity (Wildman–Crippen MR) is 243 cm³/mol. The Morgan fingerprint density at radius 3 is 1.70 bits per heavy atom. The number of likely N-dealkylation sites (N-methyl/N-ethyl adjacent to an activating group) is 1. The van der Waals surface area contributed by atoms with Crippen LogP contribution in [0, 0.1) is 0 Å². The number of nitrogens with zero attached hydrogens (tertiary/aromatic N) is 1. The molecule has 60 heavy (non-hydrogen) atoms. The van der Waals surface area contributed by atoms with Gasteiger partial charge < -0.3 is 38.1 Å². The Bertz CT molecular complexity index is 1330. The van der Waals surface area contributed by atoms with Crippen molar-refractivity contribution >= 4 is 19.8 Å². The monoisotopic (exact) mass is 864 g/mol. The van der Waals surface area contributed by atoms with Crippen LogP contribution in [0.25, 0.3) is 0 Å². The fraction of sp³-hybridized carbons (Fsp3) is 0.667. The molecule has 0 aliphatic heterocycles. The highest BCUT2D eigenvalue weighted by Crippen LogP contribution is 2.38. The lowest BCUT2D eigenvalue weighted by atomic mass is 10.0. The second kappa shape index (κ2) is 39.0. The van der Waals surface area contributed by atoms with Gasteiger partial charge in [-0.05, 0) is 89.9 Å². The predicted octanol–water partition coefficient (Wildman–Crippen LogP) is 10.1. The third-order valence-electron chi connectivity index (χ3n) is 9.10. The van der Waals surface area contributed by atoms with Gasteiger partial charge in [0.25, 0.3) is 7.82 Å². The van der Waals surface area contributed by atoms with Gasteiger partial charge in [0.1, 0.15) is 19.8 Å². The van der Waals surface area contributed by atoms with Gasteiger partial charge >= 0.3 is 11.9 Å². The van der Waals surface area contributed by atoms with Gasteiger partial charge in [0.15, 0.2) is 6.10 Å². The maximum atomic E-state index is 12.7. The first-order valence-corrected chi connectivity index (χ1v) is 23.9. The lowest BCUT2D eigenvalue weighted by Crippen LogP contribution is -2.37. The topological polar surface area (TPSA) is 152 Å². The van der Waals surface area contributed by atoms with Crippen LogP contribution in [0.15, 0.2) is 85.1 Å². The molecule has 0 saturated heterocycles. The molecule has 12 heteroatoms. The molecule has 344 valence electrons. The van der Waals surface area contributed by atoms with Crippen LogP contribution in [-0.4, -0.2) is 92.5 Å². The molecule has 1 unspecified atom stereocenters. The normalized spacial score (nSPS) is 15.4. The maximum absolute atomic E-state index is 12.7. The first-order valence-electron chi connectivity index (χ1n) is 22.5. The number of aliphatic hydroxyl groups excluding tert-OH is 2. The summed E-state index contributed by atoms with van der Waals surface area (Å²) in [5.41, 5.74) is 0. The SMILES string of the molecule is CC/C=C\C/C=C\C/C=C\C/C=C\C[C@@H](O)[C@H](O)CCCC(=O)O[C@H](COC(=O)CCCCCC/C=C\C/C=C\C/C=C\CCCCC)COP(=O)([O-])OCC[N+](C)(C)C. The van der Waals surface area contributed by atoms with Crippen LogP contribution < -0.4 is 4.89 Å². The Balaban J connectivity index is 4.66. The van der Waals surface area contributed by atoms with Crippen molar-refractivity contribution in [3.63, 3.8) is 0 Å². The van der Waals surface area contributed by atoms with E-state index in [4.69, 9.17) is 18.5 Å². The van der Waals surface area contributed by atoms with Crippen molar-refractivity contribution in [1.82, 2.24) is 0 Å². The van der Waals surface area contributed by atoms with Crippen LogP contribution in [0.1, 0.15) is 142 Å². The van der Waals surface area contributed by atoms with Gasteiger partial charge in [-0.25, -0.2) is 0 Å². The average Bonchev–Trinajstić information content (AvgIpc) is 3.19. The lowest BCUT2D eigenvalue weighted by molar-refractivity contribution is -0.870. The number of rotatable bonds is 39. The molecule has 0 aliphatic rings.